The van der Waals surface area contributed by atoms with E-state index in [2.05, 4.69) is 93.5 Å². The van der Waals surface area contributed by atoms with E-state index in [-0.39, 0.29) is 0 Å². The van der Waals surface area contributed by atoms with Crippen molar-refractivity contribution in [3.05, 3.63) is 65.4 Å². The molecule has 1 nitrogen and oxygen atoms in total. The number of rotatable bonds is 5. The lowest BCUT2D eigenvalue weighted by Crippen LogP contribution is -2.40. The Hall–Kier alpha value is -1.59. The Morgan fingerprint density at radius 1 is 0.833 bits per heavy atom. The minimum absolute atomic E-state index is 0.907. The summed E-state index contributed by atoms with van der Waals surface area (Å²) in [6, 6.07) is 17.5. The zero-order valence-corrected chi connectivity index (χ0v) is 18.1. The van der Waals surface area contributed by atoms with Gasteiger partial charge in [-0.3, -0.25) is 0 Å². The molecule has 0 aliphatic rings. The summed E-state index contributed by atoms with van der Waals surface area (Å²) in [5.74, 6) is 0.907. The predicted octanol–water partition coefficient (Wildman–Crippen LogP) is 5.55. The van der Waals surface area contributed by atoms with Crippen molar-refractivity contribution in [2.45, 2.75) is 39.3 Å². The highest BCUT2D eigenvalue weighted by Crippen LogP contribution is 2.28. The van der Waals surface area contributed by atoms with E-state index in [0.717, 1.165) is 5.75 Å². The van der Waals surface area contributed by atoms with Gasteiger partial charge in [0, 0.05) is 0 Å². The fourth-order valence-electron chi connectivity index (χ4n) is 2.89. The Balaban J connectivity index is 2.67. The van der Waals surface area contributed by atoms with Gasteiger partial charge in [0.05, 0.1) is 23.3 Å². The molecule has 0 unspecified atom stereocenters. The maximum Gasteiger partial charge on any atom is 0.118 e. The van der Waals surface area contributed by atoms with Crippen molar-refractivity contribution in [3.63, 3.8) is 0 Å². The SMILES string of the molecule is COc1ccc(C(=C[Si](C)(C)C)c2ccccc2[Si](C)(C)C)cc1. The summed E-state index contributed by atoms with van der Waals surface area (Å²) in [6.07, 6.45) is 0. The molecular formula is C21H30OSi2. The average molecular weight is 355 g/mol. The molecule has 0 aromatic heterocycles. The van der Waals surface area contributed by atoms with Crippen LogP contribution >= 0.6 is 0 Å². The third-order valence-electron chi connectivity index (χ3n) is 4.00. The topological polar surface area (TPSA) is 9.23 Å². The maximum atomic E-state index is 5.33. The molecule has 0 spiro atoms. The van der Waals surface area contributed by atoms with Gasteiger partial charge in [0.1, 0.15) is 5.75 Å². The molecule has 24 heavy (non-hydrogen) atoms. The predicted molar refractivity (Wildman–Crippen MR) is 113 cm³/mol. The van der Waals surface area contributed by atoms with E-state index in [1.165, 1.54) is 21.9 Å². The quantitative estimate of drug-likeness (QED) is 0.640. The van der Waals surface area contributed by atoms with Crippen LogP contribution in [0.5, 0.6) is 5.75 Å². The largest absolute Gasteiger partial charge is 0.497 e. The summed E-state index contributed by atoms with van der Waals surface area (Å²) >= 11 is 0. The molecule has 0 bridgehead atoms. The van der Waals surface area contributed by atoms with Crippen LogP contribution in [0.25, 0.3) is 5.57 Å². The summed E-state index contributed by atoms with van der Waals surface area (Å²) in [5, 5.41) is 1.53. The molecular weight excluding hydrogens is 324 g/mol. The van der Waals surface area contributed by atoms with Gasteiger partial charge in [-0.1, -0.05) is 86.6 Å². The van der Waals surface area contributed by atoms with Gasteiger partial charge >= 0.3 is 0 Å². The van der Waals surface area contributed by atoms with E-state index >= 15 is 0 Å². The number of hydrogen-bond acceptors (Lipinski definition) is 1. The van der Waals surface area contributed by atoms with Crippen molar-refractivity contribution in [3.8, 4) is 5.75 Å². The molecule has 0 N–H and O–H groups in total. The fourth-order valence-corrected chi connectivity index (χ4v) is 5.70. The lowest BCUT2D eigenvalue weighted by molar-refractivity contribution is 0.415. The Labute approximate surface area is 149 Å². The van der Waals surface area contributed by atoms with E-state index in [1.807, 2.05) is 0 Å². The first-order chi connectivity index (χ1) is 11.1. The van der Waals surface area contributed by atoms with Crippen LogP contribution in [0.2, 0.25) is 39.3 Å². The van der Waals surface area contributed by atoms with E-state index in [4.69, 9.17) is 4.74 Å². The Kier molecular flexibility index (Phi) is 5.56. The van der Waals surface area contributed by atoms with Crippen LogP contribution in [-0.2, 0) is 0 Å². The van der Waals surface area contributed by atoms with Crippen molar-refractivity contribution < 1.29 is 4.74 Å². The van der Waals surface area contributed by atoms with E-state index in [9.17, 15) is 0 Å². The number of benzene rings is 2. The second-order valence-electron chi connectivity index (χ2n) is 8.45. The molecule has 0 amide bonds. The van der Waals surface area contributed by atoms with E-state index in [0.29, 0.717) is 0 Å². The molecule has 2 rings (SSSR count). The van der Waals surface area contributed by atoms with Gasteiger partial charge in [0.2, 0.25) is 0 Å². The van der Waals surface area contributed by atoms with Crippen molar-refractivity contribution in [2.24, 2.45) is 0 Å². The summed E-state index contributed by atoms with van der Waals surface area (Å²) < 4.78 is 5.33. The number of methoxy groups -OCH3 is 1. The van der Waals surface area contributed by atoms with Gasteiger partial charge < -0.3 is 4.74 Å². The summed E-state index contributed by atoms with van der Waals surface area (Å²) in [7, 11) is -1.07. The van der Waals surface area contributed by atoms with Crippen LogP contribution in [0.3, 0.4) is 0 Å². The first kappa shape index (κ1) is 18.7. The molecule has 0 atom stereocenters. The molecule has 0 radical (unpaired) electrons. The molecule has 0 fully saturated rings. The highest BCUT2D eigenvalue weighted by Gasteiger charge is 2.23. The number of ether oxygens (including phenoxy) is 1. The standard InChI is InChI=1S/C21H30OSi2/c1-22-18-14-12-17(13-15-18)20(16-23(2,3)4)19-10-8-9-11-21(19)24(5,6)7/h8-16H,1-7H3. The van der Waals surface area contributed by atoms with Gasteiger partial charge in [-0.15, -0.1) is 0 Å². The molecule has 2 aromatic carbocycles. The molecule has 0 heterocycles. The monoisotopic (exact) mass is 354 g/mol. The van der Waals surface area contributed by atoms with Crippen molar-refractivity contribution >= 4 is 26.9 Å². The second-order valence-corrected chi connectivity index (χ2v) is 18.5. The normalized spacial score (nSPS) is 13.0. The van der Waals surface area contributed by atoms with Gasteiger partial charge in [-0.05, 0) is 28.8 Å². The van der Waals surface area contributed by atoms with Crippen LogP contribution in [0, 0.1) is 0 Å². The minimum Gasteiger partial charge on any atom is -0.497 e. The lowest BCUT2D eigenvalue weighted by atomic mass is 9.99. The van der Waals surface area contributed by atoms with Crippen molar-refractivity contribution in [2.75, 3.05) is 7.11 Å². The fraction of sp³-hybridized carbons (Fsp3) is 0.333. The van der Waals surface area contributed by atoms with Gasteiger partial charge in [-0.25, -0.2) is 0 Å². The summed E-state index contributed by atoms with van der Waals surface area (Å²) in [5.41, 5.74) is 6.61. The van der Waals surface area contributed by atoms with Gasteiger partial charge in [-0.2, -0.15) is 0 Å². The van der Waals surface area contributed by atoms with Crippen LogP contribution in [-0.4, -0.2) is 23.3 Å². The van der Waals surface area contributed by atoms with Crippen LogP contribution < -0.4 is 9.92 Å². The molecule has 128 valence electrons. The molecule has 3 heteroatoms. The summed E-state index contributed by atoms with van der Waals surface area (Å²) in [6.45, 7) is 14.5. The van der Waals surface area contributed by atoms with E-state index in [1.54, 1.807) is 7.11 Å². The first-order valence-corrected chi connectivity index (χ1v) is 15.7. The lowest BCUT2D eigenvalue weighted by Gasteiger charge is -2.24. The third kappa shape index (κ3) is 4.71. The van der Waals surface area contributed by atoms with Gasteiger partial charge in [0.15, 0.2) is 0 Å². The smallest absolute Gasteiger partial charge is 0.118 e. The minimum atomic E-state index is -1.42. The number of hydrogen-bond donors (Lipinski definition) is 0. The zero-order valence-electron chi connectivity index (χ0n) is 16.1. The Morgan fingerprint density at radius 2 is 1.42 bits per heavy atom. The second kappa shape index (κ2) is 7.12. The van der Waals surface area contributed by atoms with E-state index < -0.39 is 16.1 Å². The molecule has 0 aliphatic heterocycles. The maximum absolute atomic E-state index is 5.33. The highest BCUT2D eigenvalue weighted by molar-refractivity contribution is 6.89. The van der Waals surface area contributed by atoms with Crippen LogP contribution in [0.4, 0.5) is 0 Å². The van der Waals surface area contributed by atoms with Gasteiger partial charge in [0.25, 0.3) is 0 Å². The first-order valence-electron chi connectivity index (χ1n) is 8.59. The molecule has 0 aliphatic carbocycles. The van der Waals surface area contributed by atoms with Crippen LogP contribution in [0.1, 0.15) is 11.1 Å². The third-order valence-corrected chi connectivity index (χ3v) is 7.21. The van der Waals surface area contributed by atoms with Crippen LogP contribution in [0.15, 0.2) is 54.2 Å². The average Bonchev–Trinajstić information content (AvgIpc) is 2.51. The Morgan fingerprint density at radius 3 is 1.92 bits per heavy atom. The molecule has 2 aromatic rings. The summed E-state index contributed by atoms with van der Waals surface area (Å²) in [4.78, 5) is 0. The Bertz CT molecular complexity index is 717. The van der Waals surface area contributed by atoms with Crippen molar-refractivity contribution in [1.29, 1.82) is 0 Å². The van der Waals surface area contributed by atoms with Crippen molar-refractivity contribution in [1.82, 2.24) is 0 Å². The molecule has 0 saturated carbocycles. The molecule has 0 saturated heterocycles. The highest BCUT2D eigenvalue weighted by atomic mass is 28.3. The zero-order chi connectivity index (χ0) is 18.0.